The Hall–Kier alpha value is -1.80. The van der Waals surface area contributed by atoms with Crippen LogP contribution in [0.5, 0.6) is 0 Å². The molecule has 0 saturated carbocycles. The molecule has 0 N–H and O–H groups in total. The summed E-state index contributed by atoms with van der Waals surface area (Å²) in [5.74, 6) is 1.43. The zero-order valence-corrected chi connectivity index (χ0v) is 16.2. The number of piperidine rings is 1. The van der Waals surface area contributed by atoms with Gasteiger partial charge < -0.3 is 4.90 Å². The van der Waals surface area contributed by atoms with Crippen molar-refractivity contribution in [2.75, 3.05) is 32.1 Å². The maximum Gasteiger partial charge on any atom is 0.256 e. The zero-order chi connectivity index (χ0) is 18.0. The maximum atomic E-state index is 12.3. The van der Waals surface area contributed by atoms with Gasteiger partial charge in [0.05, 0.1) is 12.9 Å². The van der Waals surface area contributed by atoms with Crippen molar-refractivity contribution in [2.24, 2.45) is 5.92 Å². The lowest BCUT2D eigenvalue weighted by Crippen LogP contribution is -2.36. The highest BCUT2D eigenvalue weighted by molar-refractivity contribution is 7.09. The normalized spacial score (nSPS) is 16.3. The Morgan fingerprint density at radius 2 is 2.00 bits per heavy atom. The molecule has 136 valence electrons. The molecular weight excluding hydrogens is 336 g/mol. The van der Waals surface area contributed by atoms with Gasteiger partial charge in [0, 0.05) is 43.4 Å². The largest absolute Gasteiger partial charge is 0.353 e. The second kappa shape index (κ2) is 7.61. The summed E-state index contributed by atoms with van der Waals surface area (Å²) in [6.45, 7) is 7.35. The Balaban J connectivity index is 1.53. The van der Waals surface area contributed by atoms with Crippen molar-refractivity contribution in [1.29, 1.82) is 0 Å². The number of aromatic nitrogens is 4. The number of aryl methyl sites for hydroxylation is 1. The maximum absolute atomic E-state index is 12.3. The van der Waals surface area contributed by atoms with Crippen LogP contribution >= 0.6 is 11.5 Å². The van der Waals surface area contributed by atoms with Gasteiger partial charge in [-0.15, -0.1) is 0 Å². The molecule has 3 heterocycles. The molecule has 0 atom stereocenters. The predicted molar refractivity (Wildman–Crippen MR) is 100 cm³/mol. The third-order valence-electron chi connectivity index (χ3n) is 4.88. The second-order valence-electron chi connectivity index (χ2n) is 7.02. The van der Waals surface area contributed by atoms with Crippen LogP contribution in [0.1, 0.15) is 29.9 Å². The molecule has 2 aromatic rings. The van der Waals surface area contributed by atoms with Gasteiger partial charge >= 0.3 is 0 Å². The third kappa shape index (κ3) is 4.24. The van der Waals surface area contributed by atoms with Crippen molar-refractivity contribution in [3.63, 3.8) is 0 Å². The number of likely N-dealkylation sites (tertiary alicyclic amines) is 1. The molecule has 0 bridgehead atoms. The minimum absolute atomic E-state index is 0.0952. The van der Waals surface area contributed by atoms with E-state index in [2.05, 4.69) is 19.2 Å². The van der Waals surface area contributed by atoms with E-state index in [-0.39, 0.29) is 5.56 Å². The van der Waals surface area contributed by atoms with Crippen molar-refractivity contribution in [1.82, 2.24) is 23.8 Å². The van der Waals surface area contributed by atoms with Gasteiger partial charge in [0.15, 0.2) is 5.82 Å². The highest BCUT2D eigenvalue weighted by Gasteiger charge is 2.21. The van der Waals surface area contributed by atoms with Gasteiger partial charge in [0.1, 0.15) is 0 Å². The van der Waals surface area contributed by atoms with Crippen molar-refractivity contribution < 1.29 is 0 Å². The lowest BCUT2D eigenvalue weighted by molar-refractivity contribution is 0.163. The second-order valence-corrected chi connectivity index (χ2v) is 7.75. The Morgan fingerprint density at radius 1 is 1.28 bits per heavy atom. The molecule has 3 rings (SSSR count). The van der Waals surface area contributed by atoms with Crippen LogP contribution in [-0.4, -0.2) is 51.0 Å². The molecule has 1 aliphatic heterocycles. The van der Waals surface area contributed by atoms with Crippen molar-refractivity contribution in [3.8, 4) is 0 Å². The SMILES string of the molecule is Cc1ncn(CC2CCN(Cc3nsc(N(C)C)n3)CC2)c(=O)c1C. The van der Waals surface area contributed by atoms with Crippen LogP contribution in [0.2, 0.25) is 0 Å². The van der Waals surface area contributed by atoms with E-state index in [0.717, 1.165) is 61.2 Å². The highest BCUT2D eigenvalue weighted by atomic mass is 32.1. The lowest BCUT2D eigenvalue weighted by atomic mass is 9.96. The van der Waals surface area contributed by atoms with E-state index in [4.69, 9.17) is 0 Å². The first-order valence-electron chi connectivity index (χ1n) is 8.69. The quantitative estimate of drug-likeness (QED) is 0.806. The number of hydrogen-bond acceptors (Lipinski definition) is 7. The summed E-state index contributed by atoms with van der Waals surface area (Å²) in [4.78, 5) is 25.6. The molecule has 0 aromatic carbocycles. The minimum Gasteiger partial charge on any atom is -0.353 e. The number of anilines is 1. The molecule has 0 aliphatic carbocycles. The number of nitrogens with zero attached hydrogens (tertiary/aromatic N) is 6. The Kier molecular flexibility index (Phi) is 5.48. The fourth-order valence-electron chi connectivity index (χ4n) is 3.10. The molecule has 0 unspecified atom stereocenters. The average molecular weight is 363 g/mol. The van der Waals surface area contributed by atoms with Crippen LogP contribution in [0.4, 0.5) is 5.13 Å². The van der Waals surface area contributed by atoms with Gasteiger partial charge in [-0.3, -0.25) is 14.3 Å². The van der Waals surface area contributed by atoms with Gasteiger partial charge in [0.25, 0.3) is 5.56 Å². The summed E-state index contributed by atoms with van der Waals surface area (Å²) >= 11 is 1.45. The van der Waals surface area contributed by atoms with Gasteiger partial charge in [-0.2, -0.15) is 4.37 Å². The van der Waals surface area contributed by atoms with Gasteiger partial charge in [-0.05, 0) is 45.7 Å². The molecule has 0 radical (unpaired) electrons. The molecule has 8 heteroatoms. The fourth-order valence-corrected chi connectivity index (χ4v) is 3.70. The predicted octanol–water partition coefficient (Wildman–Crippen LogP) is 1.69. The van der Waals surface area contributed by atoms with E-state index in [9.17, 15) is 4.79 Å². The number of rotatable bonds is 5. The standard InChI is InChI=1S/C17H26N6OS/c1-12-13(2)18-11-23(16(12)24)9-14-5-7-22(8-6-14)10-15-19-17(21(3)4)25-20-15/h11,14H,5-10H2,1-4H3. The topological polar surface area (TPSA) is 67.2 Å². The highest BCUT2D eigenvalue weighted by Crippen LogP contribution is 2.21. The van der Waals surface area contributed by atoms with Crippen LogP contribution in [0.25, 0.3) is 0 Å². The number of hydrogen-bond donors (Lipinski definition) is 0. The summed E-state index contributed by atoms with van der Waals surface area (Å²) in [7, 11) is 3.97. The first-order valence-corrected chi connectivity index (χ1v) is 9.46. The van der Waals surface area contributed by atoms with Crippen LogP contribution < -0.4 is 10.5 Å². The molecule has 2 aromatic heterocycles. The molecule has 1 aliphatic rings. The fraction of sp³-hybridized carbons (Fsp3) is 0.647. The van der Waals surface area contributed by atoms with Crippen LogP contribution in [-0.2, 0) is 13.1 Å². The minimum atomic E-state index is 0.0952. The summed E-state index contributed by atoms with van der Waals surface area (Å²) in [5, 5.41) is 0.950. The smallest absolute Gasteiger partial charge is 0.256 e. The van der Waals surface area contributed by atoms with E-state index in [1.54, 1.807) is 10.9 Å². The van der Waals surface area contributed by atoms with Crippen LogP contribution in [0.15, 0.2) is 11.1 Å². The van der Waals surface area contributed by atoms with Crippen molar-refractivity contribution >= 4 is 16.7 Å². The van der Waals surface area contributed by atoms with E-state index >= 15 is 0 Å². The Morgan fingerprint density at radius 3 is 2.64 bits per heavy atom. The first-order chi connectivity index (χ1) is 11.9. The Bertz CT molecular complexity index is 776. The molecule has 1 saturated heterocycles. The summed E-state index contributed by atoms with van der Waals surface area (Å²) < 4.78 is 6.21. The van der Waals surface area contributed by atoms with Crippen LogP contribution in [0.3, 0.4) is 0 Å². The average Bonchev–Trinajstić information content (AvgIpc) is 3.06. The molecule has 7 nitrogen and oxygen atoms in total. The molecule has 25 heavy (non-hydrogen) atoms. The van der Waals surface area contributed by atoms with Crippen molar-refractivity contribution in [3.05, 3.63) is 33.8 Å². The van der Waals surface area contributed by atoms with Crippen molar-refractivity contribution in [2.45, 2.75) is 39.8 Å². The molecule has 1 fully saturated rings. The van der Waals surface area contributed by atoms with E-state index in [1.807, 2.05) is 32.8 Å². The molecule has 0 amide bonds. The summed E-state index contributed by atoms with van der Waals surface area (Å²) in [6.07, 6.45) is 3.87. The molecular formula is C17H26N6OS. The van der Waals surface area contributed by atoms with E-state index < -0.39 is 0 Å². The zero-order valence-electron chi connectivity index (χ0n) is 15.4. The monoisotopic (exact) mass is 362 g/mol. The lowest BCUT2D eigenvalue weighted by Gasteiger charge is -2.31. The van der Waals surface area contributed by atoms with E-state index in [1.165, 1.54) is 11.5 Å². The van der Waals surface area contributed by atoms with Gasteiger partial charge in [-0.1, -0.05) is 0 Å². The van der Waals surface area contributed by atoms with Gasteiger partial charge in [-0.25, -0.2) is 9.97 Å². The third-order valence-corrected chi connectivity index (χ3v) is 5.80. The summed E-state index contributed by atoms with van der Waals surface area (Å²) in [6, 6.07) is 0. The van der Waals surface area contributed by atoms with Crippen LogP contribution in [0, 0.1) is 19.8 Å². The van der Waals surface area contributed by atoms with Gasteiger partial charge in [0.2, 0.25) is 5.13 Å². The summed E-state index contributed by atoms with van der Waals surface area (Å²) in [5.41, 5.74) is 1.67. The van der Waals surface area contributed by atoms with E-state index in [0.29, 0.717) is 5.92 Å². The Labute approximate surface area is 152 Å². The molecule has 0 spiro atoms. The first kappa shape index (κ1) is 18.0.